The Kier molecular flexibility index (Phi) is 9.51. The predicted octanol–water partition coefficient (Wildman–Crippen LogP) is 7.45. The molecule has 8 rings (SSSR count). The van der Waals surface area contributed by atoms with Gasteiger partial charge in [0, 0.05) is 32.3 Å². The molecule has 3 aromatic rings. The van der Waals surface area contributed by atoms with Crippen molar-refractivity contribution in [2.75, 3.05) is 53.2 Å². The molecule has 1 atom stereocenters. The minimum atomic E-state index is -0.700. The smallest absolute Gasteiger partial charge is 0.315 e. The molecule has 1 saturated heterocycles. The molecular weight excluding hydrogens is 562 g/mol. The van der Waals surface area contributed by atoms with Crippen molar-refractivity contribution in [2.45, 2.75) is 57.3 Å². The van der Waals surface area contributed by atoms with Crippen LogP contribution in [0.25, 0.3) is 21.9 Å². The third-order valence-electron chi connectivity index (χ3n) is 10.2. The Morgan fingerprint density at radius 2 is 1.53 bits per heavy atom. The lowest BCUT2D eigenvalue weighted by Crippen LogP contribution is -2.48. The Balaban J connectivity index is 0.00000329. The van der Waals surface area contributed by atoms with E-state index < -0.39 is 6.48 Å². The Labute approximate surface area is 262 Å². The second-order valence-electron chi connectivity index (χ2n) is 13.0. The number of hydrogen-bond donors (Lipinski definition) is 0. The fourth-order valence-electron chi connectivity index (χ4n) is 8.66. The molecule has 4 aliphatic carbocycles. The number of halogens is 1. The van der Waals surface area contributed by atoms with Gasteiger partial charge in [0.1, 0.15) is 18.1 Å². The molecular formula is C36H46ClNO5. The van der Waals surface area contributed by atoms with E-state index in [0.29, 0.717) is 13.2 Å². The summed E-state index contributed by atoms with van der Waals surface area (Å²) in [7, 11) is 1.65. The van der Waals surface area contributed by atoms with Crippen LogP contribution in [-0.4, -0.2) is 64.5 Å². The van der Waals surface area contributed by atoms with Gasteiger partial charge in [-0.2, -0.15) is 0 Å². The SMILES string of the molecule is CCOC(OC)Oc1cc2ccc(-c3ccc(OCCN4CCOCC4)cc3)cc2cc1C12CC3CC(CC(C3)C1)C2.Cl. The molecule has 4 bridgehead atoms. The lowest BCUT2D eigenvalue weighted by Gasteiger charge is -2.57. The van der Waals surface area contributed by atoms with Crippen LogP contribution < -0.4 is 9.47 Å². The van der Waals surface area contributed by atoms with Crippen LogP contribution in [0.1, 0.15) is 51.0 Å². The van der Waals surface area contributed by atoms with Gasteiger partial charge < -0.3 is 23.7 Å². The number of rotatable bonds is 11. The van der Waals surface area contributed by atoms with Gasteiger partial charge in [0.05, 0.1) is 19.8 Å². The van der Waals surface area contributed by atoms with Gasteiger partial charge in [0.25, 0.3) is 0 Å². The van der Waals surface area contributed by atoms with E-state index in [4.69, 9.17) is 23.7 Å². The minimum Gasteiger partial charge on any atom is -0.492 e. The largest absolute Gasteiger partial charge is 0.492 e. The predicted molar refractivity (Wildman–Crippen MR) is 172 cm³/mol. The molecule has 43 heavy (non-hydrogen) atoms. The highest BCUT2D eigenvalue weighted by Crippen LogP contribution is 2.62. The highest BCUT2D eigenvalue weighted by molar-refractivity contribution is 5.89. The van der Waals surface area contributed by atoms with Crippen LogP contribution in [0.2, 0.25) is 0 Å². The molecule has 232 valence electrons. The molecule has 5 aliphatic rings. The number of methoxy groups -OCH3 is 1. The van der Waals surface area contributed by atoms with Crippen molar-refractivity contribution in [3.63, 3.8) is 0 Å². The quantitative estimate of drug-likeness (QED) is 0.211. The third kappa shape index (κ3) is 6.55. The zero-order valence-electron chi connectivity index (χ0n) is 25.6. The minimum absolute atomic E-state index is 0. The molecule has 4 saturated carbocycles. The van der Waals surface area contributed by atoms with Crippen LogP contribution in [0.5, 0.6) is 11.5 Å². The Bertz CT molecular complexity index is 1340. The normalized spacial score (nSPS) is 27.2. The number of fused-ring (bicyclic) bond motifs is 1. The van der Waals surface area contributed by atoms with E-state index in [1.54, 1.807) is 7.11 Å². The zero-order chi connectivity index (χ0) is 28.5. The van der Waals surface area contributed by atoms with Crippen LogP contribution >= 0.6 is 12.4 Å². The first-order valence-electron chi connectivity index (χ1n) is 16.0. The van der Waals surface area contributed by atoms with Crippen molar-refractivity contribution >= 4 is 23.2 Å². The van der Waals surface area contributed by atoms with Gasteiger partial charge in [-0.1, -0.05) is 24.3 Å². The second-order valence-corrected chi connectivity index (χ2v) is 13.0. The summed E-state index contributed by atoms with van der Waals surface area (Å²) in [5.74, 6) is 4.40. The summed E-state index contributed by atoms with van der Waals surface area (Å²) in [4.78, 5) is 2.40. The topological polar surface area (TPSA) is 49.4 Å². The first-order chi connectivity index (χ1) is 20.6. The monoisotopic (exact) mass is 607 g/mol. The third-order valence-corrected chi connectivity index (χ3v) is 10.2. The van der Waals surface area contributed by atoms with Gasteiger partial charge in [0.2, 0.25) is 0 Å². The first kappa shape index (κ1) is 30.7. The number of benzene rings is 3. The molecule has 1 aliphatic heterocycles. The lowest BCUT2D eigenvalue weighted by molar-refractivity contribution is -0.231. The number of nitrogens with zero attached hydrogens (tertiary/aromatic N) is 1. The molecule has 1 unspecified atom stereocenters. The van der Waals surface area contributed by atoms with E-state index in [1.165, 1.54) is 66.0 Å². The van der Waals surface area contributed by atoms with Gasteiger partial charge >= 0.3 is 6.48 Å². The fourth-order valence-corrected chi connectivity index (χ4v) is 8.66. The molecule has 0 radical (unpaired) electrons. The average molecular weight is 608 g/mol. The molecule has 5 fully saturated rings. The lowest BCUT2D eigenvalue weighted by atomic mass is 9.48. The van der Waals surface area contributed by atoms with Crippen LogP contribution in [0.4, 0.5) is 0 Å². The Morgan fingerprint density at radius 3 is 2.19 bits per heavy atom. The van der Waals surface area contributed by atoms with E-state index in [0.717, 1.165) is 62.1 Å². The molecule has 0 aromatic heterocycles. The maximum atomic E-state index is 6.46. The molecule has 0 spiro atoms. The van der Waals surface area contributed by atoms with Crippen LogP contribution in [0.15, 0.2) is 54.6 Å². The number of morpholine rings is 1. The summed E-state index contributed by atoms with van der Waals surface area (Å²) in [6.07, 6.45) is 8.08. The van der Waals surface area contributed by atoms with E-state index in [9.17, 15) is 0 Å². The fraction of sp³-hybridized carbons (Fsp3) is 0.556. The summed E-state index contributed by atoms with van der Waals surface area (Å²) < 4.78 is 29.3. The molecule has 1 heterocycles. The van der Waals surface area contributed by atoms with E-state index in [2.05, 4.69) is 59.5 Å². The average Bonchev–Trinajstić information content (AvgIpc) is 3.00. The van der Waals surface area contributed by atoms with Crippen molar-refractivity contribution in [1.29, 1.82) is 0 Å². The van der Waals surface area contributed by atoms with Crippen LogP contribution in [0, 0.1) is 17.8 Å². The molecule has 0 N–H and O–H groups in total. The second kappa shape index (κ2) is 13.3. The standard InChI is InChI=1S/C36H45NO5.ClH/c1-3-40-35(38-2)42-34-21-30-5-4-29(28-6-8-32(9-7-28)41-15-12-37-10-13-39-14-11-37)19-31(30)20-33(34)36-22-25-16-26(23-36)18-27(17-25)24-36;/h4-9,19-21,25-27,35H,3,10-18,22-24H2,1-2H3;1H. The van der Waals surface area contributed by atoms with Crippen LogP contribution in [-0.2, 0) is 19.6 Å². The van der Waals surface area contributed by atoms with Gasteiger partial charge in [0.15, 0.2) is 0 Å². The molecule has 0 amide bonds. The van der Waals surface area contributed by atoms with E-state index in [1.807, 2.05) is 6.92 Å². The van der Waals surface area contributed by atoms with Crippen molar-refractivity contribution in [2.24, 2.45) is 17.8 Å². The highest BCUT2D eigenvalue weighted by atomic mass is 35.5. The van der Waals surface area contributed by atoms with Crippen LogP contribution in [0.3, 0.4) is 0 Å². The summed E-state index contributed by atoms with van der Waals surface area (Å²) in [5, 5.41) is 2.44. The summed E-state index contributed by atoms with van der Waals surface area (Å²) in [5.41, 5.74) is 3.97. The summed E-state index contributed by atoms with van der Waals surface area (Å²) >= 11 is 0. The van der Waals surface area contributed by atoms with Gasteiger partial charge in [-0.25, -0.2) is 0 Å². The molecule has 6 nitrogen and oxygen atoms in total. The highest BCUT2D eigenvalue weighted by Gasteiger charge is 2.52. The maximum Gasteiger partial charge on any atom is 0.315 e. The number of ether oxygens (including phenoxy) is 5. The first-order valence-corrected chi connectivity index (χ1v) is 16.0. The van der Waals surface area contributed by atoms with Gasteiger partial charge in [-0.15, -0.1) is 12.4 Å². The van der Waals surface area contributed by atoms with Gasteiger partial charge in [-0.05, 0) is 121 Å². The van der Waals surface area contributed by atoms with E-state index in [-0.39, 0.29) is 17.8 Å². The Morgan fingerprint density at radius 1 is 0.860 bits per heavy atom. The van der Waals surface area contributed by atoms with E-state index >= 15 is 0 Å². The Hall–Kier alpha value is -2.35. The van der Waals surface area contributed by atoms with Crippen molar-refractivity contribution in [1.82, 2.24) is 4.90 Å². The molecule has 3 aromatic carbocycles. The summed E-state index contributed by atoms with van der Waals surface area (Å²) in [6.45, 7) is 7.06. The summed E-state index contributed by atoms with van der Waals surface area (Å²) in [6, 6.07) is 20.0. The molecule has 7 heteroatoms. The maximum absolute atomic E-state index is 6.46. The zero-order valence-corrected chi connectivity index (χ0v) is 26.4. The van der Waals surface area contributed by atoms with Crippen molar-refractivity contribution in [3.05, 3.63) is 60.2 Å². The van der Waals surface area contributed by atoms with Crippen molar-refractivity contribution in [3.8, 4) is 22.6 Å². The van der Waals surface area contributed by atoms with Crippen molar-refractivity contribution < 1.29 is 23.7 Å². The number of hydrogen-bond acceptors (Lipinski definition) is 6. The van der Waals surface area contributed by atoms with Gasteiger partial charge in [-0.3, -0.25) is 4.90 Å².